The zero-order valence-corrected chi connectivity index (χ0v) is 15.5. The zero-order valence-electron chi connectivity index (χ0n) is 15.5. The number of hydrogen-bond donors (Lipinski definition) is 1. The van der Waals surface area contributed by atoms with E-state index in [2.05, 4.69) is 74.4 Å². The third kappa shape index (κ3) is 4.25. The van der Waals surface area contributed by atoms with Gasteiger partial charge in [0, 0.05) is 11.1 Å². The van der Waals surface area contributed by atoms with Crippen LogP contribution < -0.4 is 10.5 Å². The summed E-state index contributed by atoms with van der Waals surface area (Å²) in [6.45, 7) is 19.3. The predicted octanol–water partition coefficient (Wildman–Crippen LogP) is 5.04. The number of rotatable bonds is 1. The summed E-state index contributed by atoms with van der Waals surface area (Å²) >= 11 is 0. The van der Waals surface area contributed by atoms with Crippen LogP contribution in [0, 0.1) is 0 Å². The second-order valence-corrected chi connectivity index (χ2v) is 9.07. The highest BCUT2D eigenvalue weighted by atomic mass is 16.5. The molecule has 0 spiro atoms. The molecule has 0 saturated carbocycles. The topological polar surface area (TPSA) is 52.3 Å². The van der Waals surface area contributed by atoms with E-state index in [4.69, 9.17) is 10.5 Å². The van der Waals surface area contributed by atoms with E-state index in [1.54, 1.807) is 0 Å². The van der Waals surface area contributed by atoms with Crippen molar-refractivity contribution in [3.8, 4) is 5.75 Å². The Bertz CT molecular complexity index is 532. The minimum absolute atomic E-state index is 0.0191. The van der Waals surface area contributed by atoms with E-state index in [1.807, 2.05) is 0 Å². The Balaban J connectivity index is 3.81. The summed E-state index contributed by atoms with van der Waals surface area (Å²) in [4.78, 5) is 11.4. The molecule has 0 atom stereocenters. The molecule has 1 aromatic rings. The lowest BCUT2D eigenvalue weighted by atomic mass is 9.75. The maximum atomic E-state index is 11.4. The fourth-order valence-corrected chi connectivity index (χ4v) is 2.39. The van der Waals surface area contributed by atoms with Gasteiger partial charge in [0.25, 0.3) is 0 Å². The molecule has 1 aromatic carbocycles. The highest BCUT2D eigenvalue weighted by Gasteiger charge is 2.30. The monoisotopic (exact) mass is 305 g/mol. The van der Waals surface area contributed by atoms with Crippen LogP contribution in [0.2, 0.25) is 0 Å². The molecular weight excluding hydrogens is 274 g/mol. The molecule has 22 heavy (non-hydrogen) atoms. The molecule has 2 N–H and O–H groups in total. The van der Waals surface area contributed by atoms with Crippen molar-refractivity contribution < 1.29 is 9.53 Å². The second kappa shape index (κ2) is 5.60. The quantitative estimate of drug-likeness (QED) is 0.790. The van der Waals surface area contributed by atoms with Gasteiger partial charge in [0.2, 0.25) is 0 Å². The lowest BCUT2D eigenvalue weighted by Gasteiger charge is -2.32. The average Bonchev–Trinajstić information content (AvgIpc) is 2.23. The number of ether oxygens (including phenoxy) is 1. The zero-order chi connectivity index (χ0) is 17.5. The first-order valence-corrected chi connectivity index (χ1v) is 7.81. The van der Waals surface area contributed by atoms with Gasteiger partial charge in [0.15, 0.2) is 0 Å². The lowest BCUT2D eigenvalue weighted by molar-refractivity contribution is 0.209. The van der Waals surface area contributed by atoms with Gasteiger partial charge in [-0.1, -0.05) is 74.4 Å². The number of nitrogens with two attached hydrogens (primary N) is 1. The smallest absolute Gasteiger partial charge is 0.409 e. The van der Waals surface area contributed by atoms with Crippen molar-refractivity contribution in [1.82, 2.24) is 0 Å². The Morgan fingerprint density at radius 3 is 1.41 bits per heavy atom. The fraction of sp³-hybridized carbons (Fsp3) is 0.632. The number of carbonyl (C=O) groups is 1. The van der Waals surface area contributed by atoms with Crippen molar-refractivity contribution in [2.75, 3.05) is 0 Å². The van der Waals surface area contributed by atoms with Crippen molar-refractivity contribution in [1.29, 1.82) is 0 Å². The van der Waals surface area contributed by atoms with Crippen LogP contribution in [0.1, 0.15) is 79.0 Å². The molecule has 0 bridgehead atoms. The van der Waals surface area contributed by atoms with Gasteiger partial charge in [-0.05, 0) is 21.8 Å². The molecule has 0 radical (unpaired) electrons. The summed E-state index contributed by atoms with van der Waals surface area (Å²) in [6.07, 6.45) is -0.764. The predicted molar refractivity (Wildman–Crippen MR) is 92.8 cm³/mol. The molecule has 0 aliphatic rings. The molecule has 0 aliphatic heterocycles. The van der Waals surface area contributed by atoms with Gasteiger partial charge in [0.05, 0.1) is 0 Å². The average molecular weight is 305 g/mol. The molecule has 0 fully saturated rings. The molecule has 0 aromatic heterocycles. The number of benzene rings is 1. The maximum absolute atomic E-state index is 11.4. The Morgan fingerprint density at radius 2 is 1.18 bits per heavy atom. The summed E-state index contributed by atoms with van der Waals surface area (Å²) in [7, 11) is 0. The summed E-state index contributed by atoms with van der Waals surface area (Å²) in [5.74, 6) is 0.612. The van der Waals surface area contributed by atoms with Crippen LogP contribution in [0.25, 0.3) is 0 Å². The summed E-state index contributed by atoms with van der Waals surface area (Å²) in [5.41, 5.74) is 8.31. The minimum atomic E-state index is -0.764. The standard InChI is InChI=1S/C19H31NO2/c1-17(2,3)12-10-13(18(4,5)6)15(22-16(20)21)14(11-12)19(7,8)9/h10-11H,1-9H3,(H2,20,21). The Hall–Kier alpha value is -1.51. The minimum Gasteiger partial charge on any atom is -0.410 e. The van der Waals surface area contributed by atoms with Crippen molar-refractivity contribution >= 4 is 6.09 Å². The van der Waals surface area contributed by atoms with Crippen LogP contribution in [-0.2, 0) is 16.2 Å². The molecule has 0 unspecified atom stereocenters. The first-order valence-electron chi connectivity index (χ1n) is 7.81. The van der Waals surface area contributed by atoms with Gasteiger partial charge in [-0.25, -0.2) is 4.79 Å². The summed E-state index contributed by atoms with van der Waals surface area (Å²) in [5, 5.41) is 0. The largest absolute Gasteiger partial charge is 0.410 e. The Labute approximate surface area is 135 Å². The number of carbonyl (C=O) groups excluding carboxylic acids is 1. The maximum Gasteiger partial charge on any atom is 0.409 e. The van der Waals surface area contributed by atoms with Crippen LogP contribution in [-0.4, -0.2) is 6.09 Å². The van der Waals surface area contributed by atoms with Gasteiger partial charge in [-0.3, -0.25) is 0 Å². The van der Waals surface area contributed by atoms with E-state index in [0.717, 1.165) is 11.1 Å². The number of amides is 1. The highest BCUT2D eigenvalue weighted by Crippen LogP contribution is 2.42. The molecule has 3 heteroatoms. The molecule has 3 nitrogen and oxygen atoms in total. The van der Waals surface area contributed by atoms with Crippen molar-refractivity contribution in [2.45, 2.75) is 78.6 Å². The third-order valence-corrected chi connectivity index (χ3v) is 3.77. The van der Waals surface area contributed by atoms with Gasteiger partial charge < -0.3 is 10.5 Å². The molecule has 1 amide bonds. The fourth-order valence-electron chi connectivity index (χ4n) is 2.39. The van der Waals surface area contributed by atoms with Crippen molar-refractivity contribution in [2.24, 2.45) is 5.73 Å². The SMILES string of the molecule is CC(C)(C)c1cc(C(C)(C)C)c(OC(N)=O)c(C(C)(C)C)c1. The van der Waals surface area contributed by atoms with Crippen LogP contribution in [0.5, 0.6) is 5.75 Å². The van der Waals surface area contributed by atoms with Gasteiger partial charge in [-0.15, -0.1) is 0 Å². The Kier molecular flexibility index (Phi) is 4.72. The summed E-state index contributed by atoms with van der Waals surface area (Å²) in [6, 6.07) is 4.29. The van der Waals surface area contributed by atoms with E-state index < -0.39 is 6.09 Å². The van der Waals surface area contributed by atoms with Crippen LogP contribution in [0.15, 0.2) is 12.1 Å². The number of hydrogen-bond acceptors (Lipinski definition) is 2. The third-order valence-electron chi connectivity index (χ3n) is 3.77. The van der Waals surface area contributed by atoms with Crippen LogP contribution in [0.3, 0.4) is 0 Å². The van der Waals surface area contributed by atoms with Gasteiger partial charge in [-0.2, -0.15) is 0 Å². The van der Waals surface area contributed by atoms with Crippen molar-refractivity contribution in [3.05, 3.63) is 28.8 Å². The van der Waals surface area contributed by atoms with Gasteiger partial charge in [0.1, 0.15) is 5.75 Å². The van der Waals surface area contributed by atoms with E-state index in [9.17, 15) is 4.79 Å². The molecule has 1 rings (SSSR count). The first kappa shape index (κ1) is 18.5. The Morgan fingerprint density at radius 1 is 0.818 bits per heavy atom. The van der Waals surface area contributed by atoms with Crippen LogP contribution >= 0.6 is 0 Å². The molecule has 0 heterocycles. The van der Waals surface area contributed by atoms with E-state index >= 15 is 0 Å². The molecule has 0 saturated heterocycles. The van der Waals surface area contributed by atoms with E-state index in [-0.39, 0.29) is 16.2 Å². The van der Waals surface area contributed by atoms with Crippen molar-refractivity contribution in [3.63, 3.8) is 0 Å². The highest BCUT2D eigenvalue weighted by molar-refractivity contribution is 5.70. The van der Waals surface area contributed by atoms with Crippen LogP contribution in [0.4, 0.5) is 4.79 Å². The normalized spacial score (nSPS) is 13.1. The molecular formula is C19H31NO2. The van der Waals surface area contributed by atoms with Gasteiger partial charge >= 0.3 is 6.09 Å². The second-order valence-electron chi connectivity index (χ2n) is 9.07. The summed E-state index contributed by atoms with van der Waals surface area (Å²) < 4.78 is 5.44. The number of primary amides is 1. The van der Waals surface area contributed by atoms with E-state index in [0.29, 0.717) is 5.75 Å². The molecule has 0 aliphatic carbocycles. The molecule has 124 valence electrons. The first-order chi connectivity index (χ1) is 9.64. The lowest BCUT2D eigenvalue weighted by Crippen LogP contribution is -2.26. The van der Waals surface area contributed by atoms with E-state index in [1.165, 1.54) is 5.56 Å².